The number of likely N-dealkylation sites (N-methyl/N-ethyl adjacent to an activating group) is 1. The van der Waals surface area contributed by atoms with E-state index in [1.807, 2.05) is 32.2 Å². The fourth-order valence-corrected chi connectivity index (χ4v) is 2.28. The molecule has 98 valence electrons. The van der Waals surface area contributed by atoms with Gasteiger partial charge in [0.25, 0.3) is 0 Å². The molecular formula is C14H20N2OS. The molecule has 1 aromatic carbocycles. The number of benzene rings is 1. The Morgan fingerprint density at radius 2 is 2.00 bits per heavy atom. The van der Waals surface area contributed by atoms with Crippen LogP contribution in [0.2, 0.25) is 0 Å². The Bertz CT molecular complexity index is 415. The number of nitrogens with one attached hydrogen (secondary N) is 1. The quantitative estimate of drug-likeness (QED) is 0.586. The Morgan fingerprint density at radius 1 is 1.33 bits per heavy atom. The lowest BCUT2D eigenvalue weighted by atomic mass is 10.0. The van der Waals surface area contributed by atoms with Crippen LogP contribution in [0.4, 0.5) is 0 Å². The normalized spacial score (nSPS) is 11.9. The highest BCUT2D eigenvalue weighted by Crippen LogP contribution is 2.14. The molecular weight excluding hydrogens is 244 g/mol. The zero-order valence-electron chi connectivity index (χ0n) is 10.9. The summed E-state index contributed by atoms with van der Waals surface area (Å²) >= 11 is 1.19. The summed E-state index contributed by atoms with van der Waals surface area (Å²) in [5.74, 6) is 0.712. The van der Waals surface area contributed by atoms with Gasteiger partial charge in [0.1, 0.15) is 0 Å². The van der Waals surface area contributed by atoms with E-state index >= 15 is 0 Å². The van der Waals surface area contributed by atoms with Gasteiger partial charge in [0.05, 0.1) is 0 Å². The highest BCUT2D eigenvalue weighted by Gasteiger charge is 2.13. The Hall–Kier alpha value is -1.26. The summed E-state index contributed by atoms with van der Waals surface area (Å²) in [6.07, 6.45) is 1.24. The molecule has 0 spiro atoms. The molecule has 0 aromatic heterocycles. The van der Waals surface area contributed by atoms with Gasteiger partial charge in [0.2, 0.25) is 0 Å². The fraction of sp³-hybridized carbons (Fsp3) is 0.357. The first-order valence-corrected chi connectivity index (χ1v) is 7.06. The van der Waals surface area contributed by atoms with E-state index in [0.29, 0.717) is 12.2 Å². The van der Waals surface area contributed by atoms with E-state index in [4.69, 9.17) is 5.14 Å². The Kier molecular flexibility index (Phi) is 6.54. The van der Waals surface area contributed by atoms with Crippen molar-refractivity contribution in [2.45, 2.75) is 19.8 Å². The van der Waals surface area contributed by atoms with Crippen molar-refractivity contribution in [3.8, 4) is 0 Å². The minimum absolute atomic E-state index is 0.160. The van der Waals surface area contributed by atoms with Crippen molar-refractivity contribution in [3.63, 3.8) is 0 Å². The van der Waals surface area contributed by atoms with Gasteiger partial charge in [-0.1, -0.05) is 49.2 Å². The SMILES string of the molecule is CCC(=O)C(CSN)=C(Cc1ccccc1)NC. The molecule has 1 aromatic rings. The smallest absolute Gasteiger partial charge is 0.161 e. The molecule has 0 saturated heterocycles. The first-order chi connectivity index (χ1) is 8.72. The zero-order chi connectivity index (χ0) is 13.4. The van der Waals surface area contributed by atoms with Gasteiger partial charge in [-0.25, -0.2) is 0 Å². The minimum atomic E-state index is 0.160. The first kappa shape index (κ1) is 14.8. The van der Waals surface area contributed by atoms with Gasteiger partial charge in [-0.3, -0.25) is 9.93 Å². The average Bonchev–Trinajstić information content (AvgIpc) is 2.43. The van der Waals surface area contributed by atoms with Gasteiger partial charge < -0.3 is 5.32 Å². The van der Waals surface area contributed by atoms with Crippen molar-refractivity contribution in [1.29, 1.82) is 0 Å². The van der Waals surface area contributed by atoms with E-state index < -0.39 is 0 Å². The molecule has 3 N–H and O–H groups in total. The van der Waals surface area contributed by atoms with E-state index in [0.717, 1.165) is 17.7 Å². The molecule has 0 heterocycles. The van der Waals surface area contributed by atoms with Crippen LogP contribution in [0.5, 0.6) is 0 Å². The number of rotatable bonds is 7. The summed E-state index contributed by atoms with van der Waals surface area (Å²) < 4.78 is 0. The highest BCUT2D eigenvalue weighted by molar-refractivity contribution is 7.97. The van der Waals surface area contributed by atoms with Crippen LogP contribution in [0, 0.1) is 0 Å². The number of carbonyl (C=O) groups excluding carboxylic acids is 1. The van der Waals surface area contributed by atoms with Gasteiger partial charge >= 0.3 is 0 Å². The number of hydrogen-bond acceptors (Lipinski definition) is 4. The number of nitrogens with two attached hydrogens (primary N) is 1. The van der Waals surface area contributed by atoms with E-state index in [9.17, 15) is 4.79 Å². The van der Waals surface area contributed by atoms with Crippen LogP contribution < -0.4 is 10.5 Å². The maximum absolute atomic E-state index is 11.9. The van der Waals surface area contributed by atoms with Crippen molar-refractivity contribution in [2.24, 2.45) is 5.14 Å². The van der Waals surface area contributed by atoms with E-state index in [1.54, 1.807) is 0 Å². The van der Waals surface area contributed by atoms with Crippen molar-refractivity contribution in [3.05, 3.63) is 47.2 Å². The molecule has 1 rings (SSSR count). The minimum Gasteiger partial charge on any atom is -0.391 e. The number of ketones is 1. The summed E-state index contributed by atoms with van der Waals surface area (Å²) in [4.78, 5) is 11.9. The third kappa shape index (κ3) is 4.20. The molecule has 0 aliphatic heterocycles. The van der Waals surface area contributed by atoms with Crippen molar-refractivity contribution < 1.29 is 4.79 Å². The second kappa shape index (κ2) is 7.95. The molecule has 3 nitrogen and oxygen atoms in total. The van der Waals surface area contributed by atoms with Gasteiger partial charge in [-0.2, -0.15) is 0 Å². The molecule has 0 aliphatic rings. The largest absolute Gasteiger partial charge is 0.391 e. The van der Waals surface area contributed by atoms with Gasteiger partial charge in [-0.15, -0.1) is 0 Å². The average molecular weight is 264 g/mol. The summed E-state index contributed by atoms with van der Waals surface area (Å²) in [7, 11) is 1.85. The summed E-state index contributed by atoms with van der Waals surface area (Å²) in [5, 5.41) is 8.65. The predicted molar refractivity (Wildman–Crippen MR) is 78.2 cm³/mol. The number of Topliss-reactive ketones (excluding diaryl/α,β-unsaturated/α-hetero) is 1. The summed E-state index contributed by atoms with van der Waals surface area (Å²) in [6, 6.07) is 10.1. The standard InChI is InChI=1S/C14H20N2OS/c1-3-14(17)12(10-18-15)13(16-2)9-11-7-5-4-6-8-11/h4-8,16H,3,9-10,15H2,1-2H3. The lowest BCUT2D eigenvalue weighted by Gasteiger charge is -2.13. The fourth-order valence-electron chi connectivity index (χ4n) is 1.78. The Morgan fingerprint density at radius 3 is 2.50 bits per heavy atom. The predicted octanol–water partition coefficient (Wildman–Crippen LogP) is 2.29. The number of carbonyl (C=O) groups is 1. The molecule has 4 heteroatoms. The second-order valence-corrected chi connectivity index (χ2v) is 4.58. The molecule has 0 amide bonds. The van der Waals surface area contributed by atoms with Crippen LogP contribution in [-0.4, -0.2) is 18.6 Å². The zero-order valence-corrected chi connectivity index (χ0v) is 11.7. The van der Waals surface area contributed by atoms with Crippen LogP contribution in [-0.2, 0) is 11.2 Å². The Balaban J connectivity index is 2.99. The monoisotopic (exact) mass is 264 g/mol. The summed E-state index contributed by atoms with van der Waals surface area (Å²) in [5.41, 5.74) is 2.95. The maximum Gasteiger partial charge on any atom is 0.161 e. The van der Waals surface area contributed by atoms with Crippen LogP contribution in [0.3, 0.4) is 0 Å². The molecule has 0 bridgehead atoms. The van der Waals surface area contributed by atoms with Crippen LogP contribution in [0.25, 0.3) is 0 Å². The number of allylic oxidation sites excluding steroid dienone is 1. The Labute approximate surface area is 113 Å². The lowest BCUT2D eigenvalue weighted by Crippen LogP contribution is -2.18. The molecule has 0 fully saturated rings. The molecule has 0 aliphatic carbocycles. The lowest BCUT2D eigenvalue weighted by molar-refractivity contribution is -0.115. The number of hydrogen-bond donors (Lipinski definition) is 2. The van der Waals surface area contributed by atoms with E-state index in [-0.39, 0.29) is 5.78 Å². The molecule has 0 atom stereocenters. The van der Waals surface area contributed by atoms with Crippen LogP contribution in [0.15, 0.2) is 41.6 Å². The van der Waals surface area contributed by atoms with Crippen molar-refractivity contribution in [1.82, 2.24) is 5.32 Å². The van der Waals surface area contributed by atoms with E-state index in [1.165, 1.54) is 17.5 Å². The van der Waals surface area contributed by atoms with E-state index in [2.05, 4.69) is 17.4 Å². The molecule has 18 heavy (non-hydrogen) atoms. The molecule has 0 unspecified atom stereocenters. The highest BCUT2D eigenvalue weighted by atomic mass is 32.2. The first-order valence-electron chi connectivity index (χ1n) is 6.01. The second-order valence-electron chi connectivity index (χ2n) is 3.96. The van der Waals surface area contributed by atoms with Gasteiger partial charge in [-0.05, 0) is 5.56 Å². The third-order valence-corrected chi connectivity index (χ3v) is 3.23. The molecule has 0 saturated carbocycles. The third-order valence-electron chi connectivity index (χ3n) is 2.78. The van der Waals surface area contributed by atoms with Gasteiger partial charge in [0, 0.05) is 36.9 Å². The topological polar surface area (TPSA) is 55.1 Å². The summed E-state index contributed by atoms with van der Waals surface area (Å²) in [6.45, 7) is 1.87. The van der Waals surface area contributed by atoms with Crippen LogP contribution in [0.1, 0.15) is 18.9 Å². The van der Waals surface area contributed by atoms with Gasteiger partial charge in [0.15, 0.2) is 5.78 Å². The van der Waals surface area contributed by atoms with Crippen molar-refractivity contribution in [2.75, 3.05) is 12.8 Å². The molecule has 0 radical (unpaired) electrons. The van der Waals surface area contributed by atoms with Crippen LogP contribution >= 0.6 is 11.9 Å². The maximum atomic E-state index is 11.9. The van der Waals surface area contributed by atoms with Crippen molar-refractivity contribution >= 4 is 17.7 Å².